The fraction of sp³-hybridized carbons (Fsp3) is 0.391. The summed E-state index contributed by atoms with van der Waals surface area (Å²) in [5.74, 6) is -0.887. The van der Waals surface area contributed by atoms with Crippen LogP contribution in [-0.2, 0) is 26.2 Å². The minimum absolute atomic E-state index is 0.0797. The number of rotatable bonds is 8. The highest BCUT2D eigenvalue weighted by atomic mass is 35.5. The van der Waals surface area contributed by atoms with Crippen LogP contribution in [-0.4, -0.2) is 49.5 Å². The summed E-state index contributed by atoms with van der Waals surface area (Å²) in [6, 6.07) is 12.2. The smallest absolute Gasteiger partial charge is 0.244 e. The van der Waals surface area contributed by atoms with Gasteiger partial charge in [-0.25, -0.2) is 8.42 Å². The Bertz CT molecular complexity index is 1100. The number of nitrogens with one attached hydrogen (secondary N) is 1. The first-order valence-corrected chi connectivity index (χ1v) is 12.9. The van der Waals surface area contributed by atoms with E-state index in [1.54, 1.807) is 43.3 Å². The Kier molecular flexibility index (Phi) is 8.79. The summed E-state index contributed by atoms with van der Waals surface area (Å²) in [5, 5.41) is 3.80. The number of nitrogens with zero attached hydrogens (tertiary/aromatic N) is 2. The molecule has 180 valence electrons. The van der Waals surface area contributed by atoms with Crippen molar-refractivity contribution in [2.24, 2.45) is 0 Å². The molecule has 0 radical (unpaired) electrons. The Hall–Kier alpha value is -2.29. The summed E-state index contributed by atoms with van der Waals surface area (Å²) in [5.41, 5.74) is 0.506. The molecule has 10 heteroatoms. The van der Waals surface area contributed by atoms with Crippen LogP contribution in [0.2, 0.25) is 10.0 Å². The summed E-state index contributed by atoms with van der Waals surface area (Å²) >= 11 is 12.0. The zero-order valence-electron chi connectivity index (χ0n) is 19.3. The van der Waals surface area contributed by atoms with Crippen LogP contribution in [0, 0.1) is 0 Å². The van der Waals surface area contributed by atoms with E-state index in [0.29, 0.717) is 21.3 Å². The number of amides is 2. The lowest BCUT2D eigenvalue weighted by atomic mass is 10.1. The Morgan fingerprint density at radius 2 is 1.64 bits per heavy atom. The molecule has 0 spiro atoms. The molecule has 2 aromatic rings. The Balaban J connectivity index is 2.39. The van der Waals surface area contributed by atoms with Crippen molar-refractivity contribution in [1.82, 2.24) is 10.2 Å². The van der Waals surface area contributed by atoms with Crippen molar-refractivity contribution in [2.45, 2.75) is 45.8 Å². The standard InChI is InChI=1S/C23H29Cl2N3O4S/c1-16(22(30)26-23(2,3)4)27(14-17-7-6-8-19(25)13-17)21(29)15-28(33(5,31)32)20-11-9-18(24)10-12-20/h6-13,16H,14-15H2,1-5H3,(H,26,30)/t16-/m1/s1. The third kappa shape index (κ3) is 8.21. The maximum Gasteiger partial charge on any atom is 0.244 e. The molecular formula is C23H29Cl2N3O4S. The number of hydrogen-bond acceptors (Lipinski definition) is 4. The highest BCUT2D eigenvalue weighted by Gasteiger charge is 2.31. The number of carbonyl (C=O) groups excluding carboxylic acids is 2. The van der Waals surface area contributed by atoms with Crippen molar-refractivity contribution in [3.63, 3.8) is 0 Å². The average Bonchev–Trinajstić information content (AvgIpc) is 2.68. The van der Waals surface area contributed by atoms with Gasteiger partial charge in [-0.1, -0.05) is 35.3 Å². The normalized spacial score (nSPS) is 12.7. The minimum atomic E-state index is -3.79. The van der Waals surface area contributed by atoms with Crippen molar-refractivity contribution in [3.8, 4) is 0 Å². The predicted molar refractivity (Wildman–Crippen MR) is 133 cm³/mol. The van der Waals surface area contributed by atoms with Crippen molar-refractivity contribution in [3.05, 3.63) is 64.1 Å². The van der Waals surface area contributed by atoms with E-state index >= 15 is 0 Å². The van der Waals surface area contributed by atoms with E-state index in [-0.39, 0.29) is 12.5 Å². The number of anilines is 1. The van der Waals surface area contributed by atoms with Crippen molar-refractivity contribution in [2.75, 3.05) is 17.1 Å². The van der Waals surface area contributed by atoms with Crippen molar-refractivity contribution < 1.29 is 18.0 Å². The van der Waals surface area contributed by atoms with Gasteiger partial charge >= 0.3 is 0 Å². The van der Waals surface area contributed by atoms with E-state index < -0.39 is 34.1 Å². The molecule has 0 aromatic heterocycles. The van der Waals surface area contributed by atoms with E-state index in [9.17, 15) is 18.0 Å². The molecule has 33 heavy (non-hydrogen) atoms. The fourth-order valence-electron chi connectivity index (χ4n) is 3.11. The molecule has 1 atom stereocenters. The molecule has 0 heterocycles. The molecule has 0 saturated heterocycles. The average molecular weight is 514 g/mol. The largest absolute Gasteiger partial charge is 0.350 e. The molecule has 7 nitrogen and oxygen atoms in total. The first kappa shape index (κ1) is 27.0. The number of hydrogen-bond donors (Lipinski definition) is 1. The molecule has 2 amide bonds. The van der Waals surface area contributed by atoms with Gasteiger partial charge in [0, 0.05) is 22.1 Å². The lowest BCUT2D eigenvalue weighted by molar-refractivity contribution is -0.140. The molecule has 0 unspecified atom stereocenters. The summed E-state index contributed by atoms with van der Waals surface area (Å²) < 4.78 is 26.0. The number of carbonyl (C=O) groups is 2. The lowest BCUT2D eigenvalue weighted by Crippen LogP contribution is -2.54. The van der Waals surface area contributed by atoms with Crippen LogP contribution in [0.1, 0.15) is 33.3 Å². The van der Waals surface area contributed by atoms with Gasteiger partial charge in [0.2, 0.25) is 21.8 Å². The van der Waals surface area contributed by atoms with Gasteiger partial charge in [-0.3, -0.25) is 13.9 Å². The molecule has 0 bridgehead atoms. The van der Waals surface area contributed by atoms with Gasteiger partial charge in [0.15, 0.2) is 0 Å². The highest BCUT2D eigenvalue weighted by molar-refractivity contribution is 7.92. The van der Waals surface area contributed by atoms with E-state index in [4.69, 9.17) is 23.2 Å². The first-order valence-electron chi connectivity index (χ1n) is 10.3. The van der Waals surface area contributed by atoms with Crippen LogP contribution < -0.4 is 9.62 Å². The van der Waals surface area contributed by atoms with E-state index in [1.165, 1.54) is 17.0 Å². The number of halogens is 2. The fourth-order valence-corrected chi connectivity index (χ4v) is 4.30. The molecule has 0 aliphatic heterocycles. The Labute approximate surface area is 205 Å². The minimum Gasteiger partial charge on any atom is -0.350 e. The second kappa shape index (κ2) is 10.8. The van der Waals surface area contributed by atoms with Crippen LogP contribution in [0.25, 0.3) is 0 Å². The third-order valence-electron chi connectivity index (χ3n) is 4.70. The number of sulfonamides is 1. The zero-order valence-corrected chi connectivity index (χ0v) is 21.6. The Morgan fingerprint density at radius 3 is 2.15 bits per heavy atom. The summed E-state index contributed by atoms with van der Waals surface area (Å²) in [6.07, 6.45) is 1.02. The monoisotopic (exact) mass is 513 g/mol. The van der Waals surface area contributed by atoms with Gasteiger partial charge < -0.3 is 10.2 Å². The lowest BCUT2D eigenvalue weighted by Gasteiger charge is -2.33. The van der Waals surface area contributed by atoms with E-state index in [2.05, 4.69) is 5.32 Å². The molecule has 0 aliphatic rings. The second-order valence-corrected chi connectivity index (χ2v) is 11.6. The van der Waals surface area contributed by atoms with Crippen LogP contribution >= 0.6 is 23.2 Å². The van der Waals surface area contributed by atoms with Gasteiger partial charge in [0.25, 0.3) is 0 Å². The Morgan fingerprint density at radius 1 is 1.03 bits per heavy atom. The van der Waals surface area contributed by atoms with Gasteiger partial charge in [-0.05, 0) is 69.7 Å². The van der Waals surface area contributed by atoms with Crippen LogP contribution in [0.4, 0.5) is 5.69 Å². The quantitative estimate of drug-likeness (QED) is 0.575. The summed E-state index contributed by atoms with van der Waals surface area (Å²) in [7, 11) is -3.79. The topological polar surface area (TPSA) is 86.8 Å². The first-order chi connectivity index (χ1) is 15.2. The SMILES string of the molecule is C[C@H](C(=O)NC(C)(C)C)N(Cc1cccc(Cl)c1)C(=O)CN(c1ccc(Cl)cc1)S(C)(=O)=O. The molecular weight excluding hydrogens is 485 g/mol. The van der Waals surface area contributed by atoms with Crippen LogP contribution in [0.5, 0.6) is 0 Å². The maximum atomic E-state index is 13.4. The van der Waals surface area contributed by atoms with Crippen molar-refractivity contribution >= 4 is 50.7 Å². The van der Waals surface area contributed by atoms with Gasteiger partial charge in [-0.15, -0.1) is 0 Å². The van der Waals surface area contributed by atoms with Gasteiger partial charge in [0.1, 0.15) is 12.6 Å². The van der Waals surface area contributed by atoms with Crippen LogP contribution in [0.3, 0.4) is 0 Å². The van der Waals surface area contributed by atoms with Gasteiger partial charge in [0.05, 0.1) is 11.9 Å². The van der Waals surface area contributed by atoms with Crippen LogP contribution in [0.15, 0.2) is 48.5 Å². The van der Waals surface area contributed by atoms with E-state index in [1.807, 2.05) is 20.8 Å². The second-order valence-electron chi connectivity index (χ2n) is 8.81. The third-order valence-corrected chi connectivity index (χ3v) is 6.33. The zero-order chi connectivity index (χ0) is 25.0. The predicted octanol–water partition coefficient (Wildman–Crippen LogP) is 4.09. The summed E-state index contributed by atoms with van der Waals surface area (Å²) in [6.45, 7) is 6.73. The molecule has 0 aliphatic carbocycles. The molecule has 1 N–H and O–H groups in total. The van der Waals surface area contributed by atoms with E-state index in [0.717, 1.165) is 10.6 Å². The highest BCUT2D eigenvalue weighted by Crippen LogP contribution is 2.22. The molecule has 0 fully saturated rings. The molecule has 2 rings (SSSR count). The van der Waals surface area contributed by atoms with Crippen molar-refractivity contribution in [1.29, 1.82) is 0 Å². The molecule has 2 aromatic carbocycles. The summed E-state index contributed by atoms with van der Waals surface area (Å²) in [4.78, 5) is 27.6. The number of benzene rings is 2. The maximum absolute atomic E-state index is 13.4. The van der Waals surface area contributed by atoms with Gasteiger partial charge in [-0.2, -0.15) is 0 Å². The molecule has 0 saturated carbocycles.